The lowest BCUT2D eigenvalue weighted by Crippen LogP contribution is -2.22. The highest BCUT2D eigenvalue weighted by atomic mass is 32.2. The molecule has 0 aliphatic carbocycles. The molecule has 2 aromatic carbocycles. The third-order valence-electron chi connectivity index (χ3n) is 6.88. The SMILES string of the molecule is CCCCCCCCc1ccc2c(c1CCCCCCCC)N(CC)c1ccccc1S2. The van der Waals surface area contributed by atoms with E-state index in [1.807, 2.05) is 11.8 Å². The first-order chi connectivity index (χ1) is 15.8. The zero-order valence-electron chi connectivity index (χ0n) is 20.9. The Bertz CT molecular complexity index is 812. The summed E-state index contributed by atoms with van der Waals surface area (Å²) in [5.74, 6) is 0. The van der Waals surface area contributed by atoms with Crippen molar-refractivity contribution in [3.8, 4) is 0 Å². The predicted molar refractivity (Wildman–Crippen MR) is 144 cm³/mol. The molecule has 0 saturated heterocycles. The molecule has 2 aromatic rings. The fourth-order valence-electron chi connectivity index (χ4n) is 5.06. The Morgan fingerprint density at radius 3 is 1.94 bits per heavy atom. The standard InChI is InChI=1S/C30H45NS/c1-4-7-9-11-13-15-19-25-23-24-29-30(26(25)20-16-14-12-10-8-5-2)31(6-3)27-21-17-18-22-28(27)32-29/h17-18,21-24H,4-16,19-20H2,1-3H3. The van der Waals surface area contributed by atoms with E-state index >= 15 is 0 Å². The third-order valence-corrected chi connectivity index (χ3v) is 8.00. The van der Waals surface area contributed by atoms with Crippen LogP contribution >= 0.6 is 11.8 Å². The fraction of sp³-hybridized carbons (Fsp3) is 0.600. The number of hydrogen-bond acceptors (Lipinski definition) is 2. The van der Waals surface area contributed by atoms with Crippen LogP contribution in [0, 0.1) is 0 Å². The predicted octanol–water partition coefficient (Wildman–Crippen LogP) is 10.1. The fourth-order valence-corrected chi connectivity index (χ4v) is 6.19. The van der Waals surface area contributed by atoms with E-state index in [2.05, 4.69) is 62.1 Å². The van der Waals surface area contributed by atoms with Crippen molar-refractivity contribution in [2.45, 2.75) is 120 Å². The molecule has 3 rings (SSSR count). The monoisotopic (exact) mass is 451 g/mol. The van der Waals surface area contributed by atoms with Gasteiger partial charge < -0.3 is 4.90 Å². The molecule has 0 radical (unpaired) electrons. The number of aryl methyl sites for hydroxylation is 1. The molecule has 0 saturated carbocycles. The summed E-state index contributed by atoms with van der Waals surface area (Å²) < 4.78 is 0. The molecule has 0 fully saturated rings. The first-order valence-corrected chi connectivity index (χ1v) is 14.3. The minimum Gasteiger partial charge on any atom is -0.340 e. The summed E-state index contributed by atoms with van der Waals surface area (Å²) in [5, 5.41) is 0. The molecule has 176 valence electrons. The lowest BCUT2D eigenvalue weighted by atomic mass is 9.93. The number of unbranched alkanes of at least 4 members (excludes halogenated alkanes) is 10. The number of hydrogen-bond donors (Lipinski definition) is 0. The van der Waals surface area contributed by atoms with Crippen molar-refractivity contribution in [2.24, 2.45) is 0 Å². The van der Waals surface area contributed by atoms with E-state index in [4.69, 9.17) is 0 Å². The molecule has 0 spiro atoms. The first kappa shape index (κ1) is 25.2. The van der Waals surface area contributed by atoms with Gasteiger partial charge in [-0.2, -0.15) is 0 Å². The van der Waals surface area contributed by atoms with Crippen LogP contribution in [0.2, 0.25) is 0 Å². The summed E-state index contributed by atoms with van der Waals surface area (Å²) in [5.41, 5.74) is 6.18. The lowest BCUT2D eigenvalue weighted by Gasteiger charge is -2.35. The molecular formula is C30H45NS. The van der Waals surface area contributed by atoms with Gasteiger partial charge in [0.2, 0.25) is 0 Å². The van der Waals surface area contributed by atoms with Crippen LogP contribution in [-0.2, 0) is 12.8 Å². The Balaban J connectivity index is 1.77. The highest BCUT2D eigenvalue weighted by Crippen LogP contribution is 2.50. The average molecular weight is 452 g/mol. The average Bonchev–Trinajstić information content (AvgIpc) is 2.82. The molecule has 0 unspecified atom stereocenters. The number of fused-ring (bicyclic) bond motifs is 2. The highest BCUT2D eigenvalue weighted by Gasteiger charge is 2.26. The number of rotatable bonds is 15. The number of benzene rings is 2. The van der Waals surface area contributed by atoms with Crippen molar-refractivity contribution < 1.29 is 0 Å². The van der Waals surface area contributed by atoms with Crippen molar-refractivity contribution in [3.05, 3.63) is 47.5 Å². The van der Waals surface area contributed by atoms with Crippen molar-refractivity contribution in [1.29, 1.82) is 0 Å². The Hall–Kier alpha value is -1.41. The van der Waals surface area contributed by atoms with Crippen LogP contribution < -0.4 is 4.90 Å². The molecule has 2 heteroatoms. The molecule has 0 amide bonds. The van der Waals surface area contributed by atoms with Crippen molar-refractivity contribution in [2.75, 3.05) is 11.4 Å². The second-order valence-corrected chi connectivity index (χ2v) is 10.5. The molecule has 0 N–H and O–H groups in total. The van der Waals surface area contributed by atoms with E-state index in [1.165, 1.54) is 111 Å². The molecule has 32 heavy (non-hydrogen) atoms. The van der Waals surface area contributed by atoms with Crippen LogP contribution in [0.15, 0.2) is 46.2 Å². The highest BCUT2D eigenvalue weighted by molar-refractivity contribution is 7.99. The van der Waals surface area contributed by atoms with E-state index in [9.17, 15) is 0 Å². The second-order valence-electron chi connectivity index (χ2n) is 9.40. The van der Waals surface area contributed by atoms with E-state index < -0.39 is 0 Å². The van der Waals surface area contributed by atoms with Gasteiger partial charge in [-0.1, -0.05) is 108 Å². The molecule has 1 aliphatic heterocycles. The maximum atomic E-state index is 2.60. The van der Waals surface area contributed by atoms with Crippen LogP contribution in [0.4, 0.5) is 11.4 Å². The van der Waals surface area contributed by atoms with Gasteiger partial charge in [0.25, 0.3) is 0 Å². The summed E-state index contributed by atoms with van der Waals surface area (Å²) in [4.78, 5) is 5.45. The van der Waals surface area contributed by atoms with Crippen LogP contribution in [-0.4, -0.2) is 6.54 Å². The molecule has 1 nitrogen and oxygen atoms in total. The molecule has 1 aliphatic rings. The van der Waals surface area contributed by atoms with Crippen LogP contribution in [0.5, 0.6) is 0 Å². The number of nitrogens with zero attached hydrogens (tertiary/aromatic N) is 1. The van der Waals surface area contributed by atoms with Crippen molar-refractivity contribution in [1.82, 2.24) is 0 Å². The van der Waals surface area contributed by atoms with Crippen LogP contribution in [0.3, 0.4) is 0 Å². The Morgan fingerprint density at radius 1 is 0.625 bits per heavy atom. The van der Waals surface area contributed by atoms with Gasteiger partial charge in [0.05, 0.1) is 11.4 Å². The molecule has 0 atom stereocenters. The second kappa shape index (κ2) is 14.0. The summed E-state index contributed by atoms with van der Waals surface area (Å²) in [6, 6.07) is 13.8. The topological polar surface area (TPSA) is 3.24 Å². The van der Waals surface area contributed by atoms with Gasteiger partial charge in [0.1, 0.15) is 0 Å². The van der Waals surface area contributed by atoms with Gasteiger partial charge in [0.15, 0.2) is 0 Å². The van der Waals surface area contributed by atoms with Gasteiger partial charge >= 0.3 is 0 Å². The maximum absolute atomic E-state index is 2.60. The third kappa shape index (κ3) is 6.80. The van der Waals surface area contributed by atoms with Gasteiger partial charge in [-0.25, -0.2) is 0 Å². The van der Waals surface area contributed by atoms with Gasteiger partial charge in [0, 0.05) is 16.3 Å². The molecule has 1 heterocycles. The largest absolute Gasteiger partial charge is 0.340 e. The van der Waals surface area contributed by atoms with Gasteiger partial charge in [-0.15, -0.1) is 0 Å². The molecular weight excluding hydrogens is 406 g/mol. The van der Waals surface area contributed by atoms with Gasteiger partial charge in [-0.05, 0) is 61.9 Å². The maximum Gasteiger partial charge on any atom is 0.0588 e. The number of anilines is 2. The molecule has 0 bridgehead atoms. The Kier molecular flexibility index (Phi) is 11.0. The minimum absolute atomic E-state index is 1.04. The summed E-state index contributed by atoms with van der Waals surface area (Å²) in [7, 11) is 0. The van der Waals surface area contributed by atoms with E-state index in [0.29, 0.717) is 0 Å². The van der Waals surface area contributed by atoms with Crippen molar-refractivity contribution in [3.63, 3.8) is 0 Å². The smallest absolute Gasteiger partial charge is 0.0588 e. The normalized spacial score (nSPS) is 12.7. The minimum atomic E-state index is 1.04. The Labute approximate surface area is 202 Å². The quantitative estimate of drug-likeness (QED) is 0.248. The van der Waals surface area contributed by atoms with Crippen LogP contribution in [0.25, 0.3) is 0 Å². The summed E-state index contributed by atoms with van der Waals surface area (Å²) in [6.07, 6.45) is 18.9. The van der Waals surface area contributed by atoms with Crippen LogP contribution in [0.1, 0.15) is 109 Å². The zero-order valence-corrected chi connectivity index (χ0v) is 21.7. The van der Waals surface area contributed by atoms with Crippen molar-refractivity contribution >= 4 is 23.1 Å². The summed E-state index contributed by atoms with van der Waals surface area (Å²) in [6.45, 7) is 7.96. The Morgan fingerprint density at radius 2 is 1.25 bits per heavy atom. The molecule has 0 aromatic heterocycles. The number of para-hydroxylation sites is 1. The van der Waals surface area contributed by atoms with E-state index in [-0.39, 0.29) is 0 Å². The van der Waals surface area contributed by atoms with Gasteiger partial charge in [-0.3, -0.25) is 0 Å². The van der Waals surface area contributed by atoms with E-state index in [1.54, 1.807) is 11.1 Å². The summed E-state index contributed by atoms with van der Waals surface area (Å²) >= 11 is 1.97. The first-order valence-electron chi connectivity index (χ1n) is 13.5. The van der Waals surface area contributed by atoms with E-state index in [0.717, 1.165) is 6.54 Å². The zero-order chi connectivity index (χ0) is 22.6. The lowest BCUT2D eigenvalue weighted by molar-refractivity contribution is 0.598.